The number of nitrogens with zero attached hydrogens (tertiary/aromatic N) is 1. The second kappa shape index (κ2) is 5.68. The minimum Gasteiger partial charge on any atom is -0.495 e. The molecule has 1 aromatic carbocycles. The first-order valence-corrected chi connectivity index (χ1v) is 5.63. The third-order valence-corrected chi connectivity index (χ3v) is 2.70. The predicted octanol–water partition coefficient (Wildman–Crippen LogP) is 1.62. The number of ether oxygens (including phenoxy) is 1. The normalized spacial score (nSPS) is 10.2. The van der Waals surface area contributed by atoms with Gasteiger partial charge in [0.25, 0.3) is 0 Å². The van der Waals surface area contributed by atoms with Crippen LogP contribution in [0.25, 0.3) is 0 Å². The van der Waals surface area contributed by atoms with Gasteiger partial charge in [-0.3, -0.25) is 4.79 Å². The summed E-state index contributed by atoms with van der Waals surface area (Å²) >= 11 is 0. The maximum Gasteiger partial charge on any atom is 0.228 e. The van der Waals surface area contributed by atoms with Crippen molar-refractivity contribution in [3.63, 3.8) is 0 Å². The van der Waals surface area contributed by atoms with Gasteiger partial charge in [-0.05, 0) is 31.0 Å². The van der Waals surface area contributed by atoms with Gasteiger partial charge in [-0.1, -0.05) is 6.07 Å². The molecule has 0 unspecified atom stereocenters. The summed E-state index contributed by atoms with van der Waals surface area (Å²) < 4.78 is 5.33. The van der Waals surface area contributed by atoms with Crippen molar-refractivity contribution in [2.45, 2.75) is 20.3 Å². The van der Waals surface area contributed by atoms with Gasteiger partial charge >= 0.3 is 0 Å². The molecule has 0 saturated heterocycles. The van der Waals surface area contributed by atoms with Gasteiger partial charge in [0.15, 0.2) is 0 Å². The number of nitrogens with two attached hydrogens (primary N) is 1. The highest BCUT2D eigenvalue weighted by molar-refractivity contribution is 5.95. The highest BCUT2D eigenvalue weighted by Crippen LogP contribution is 2.32. The molecule has 1 amide bonds. The fourth-order valence-corrected chi connectivity index (χ4v) is 1.92. The lowest BCUT2D eigenvalue weighted by Crippen LogP contribution is -2.29. The molecule has 0 fully saturated rings. The SMILES string of the molecule is COc1cc(C)cc(C)c1N(C)C(=O)CCN. The summed E-state index contributed by atoms with van der Waals surface area (Å²) in [4.78, 5) is 13.5. The molecular formula is C13H20N2O2. The number of rotatable bonds is 4. The first-order valence-electron chi connectivity index (χ1n) is 5.63. The number of carbonyl (C=O) groups is 1. The number of hydrogen-bond acceptors (Lipinski definition) is 3. The standard InChI is InChI=1S/C13H20N2O2/c1-9-7-10(2)13(11(8-9)17-4)15(3)12(16)5-6-14/h7-8H,5-6,14H2,1-4H3. The molecular weight excluding hydrogens is 216 g/mol. The molecule has 0 aliphatic carbocycles. The van der Waals surface area contributed by atoms with E-state index in [0.717, 1.165) is 22.6 Å². The molecule has 0 aliphatic rings. The van der Waals surface area contributed by atoms with Crippen molar-refractivity contribution in [2.24, 2.45) is 5.73 Å². The van der Waals surface area contributed by atoms with E-state index >= 15 is 0 Å². The molecule has 1 rings (SSSR count). The Hall–Kier alpha value is -1.55. The van der Waals surface area contributed by atoms with Gasteiger partial charge in [-0.15, -0.1) is 0 Å². The molecule has 0 heterocycles. The lowest BCUT2D eigenvalue weighted by atomic mass is 10.1. The Bertz CT molecular complexity index is 416. The fraction of sp³-hybridized carbons (Fsp3) is 0.462. The van der Waals surface area contributed by atoms with Gasteiger partial charge in [-0.2, -0.15) is 0 Å². The zero-order valence-corrected chi connectivity index (χ0v) is 10.9. The number of amides is 1. The second-order valence-electron chi connectivity index (χ2n) is 4.12. The smallest absolute Gasteiger partial charge is 0.228 e. The van der Waals surface area contributed by atoms with Gasteiger partial charge in [0.05, 0.1) is 12.8 Å². The summed E-state index contributed by atoms with van der Waals surface area (Å²) in [5.41, 5.74) is 8.35. The summed E-state index contributed by atoms with van der Waals surface area (Å²) in [5.74, 6) is 0.716. The van der Waals surface area contributed by atoms with E-state index in [-0.39, 0.29) is 5.91 Å². The topological polar surface area (TPSA) is 55.6 Å². The number of methoxy groups -OCH3 is 1. The second-order valence-corrected chi connectivity index (χ2v) is 4.12. The molecule has 0 atom stereocenters. The van der Waals surface area contributed by atoms with Crippen molar-refractivity contribution in [3.8, 4) is 5.75 Å². The molecule has 2 N–H and O–H groups in total. The van der Waals surface area contributed by atoms with Gasteiger partial charge in [0, 0.05) is 20.0 Å². The van der Waals surface area contributed by atoms with Crippen molar-refractivity contribution in [3.05, 3.63) is 23.3 Å². The largest absolute Gasteiger partial charge is 0.495 e. The maximum atomic E-state index is 11.8. The van der Waals surface area contributed by atoms with Crippen LogP contribution in [-0.2, 0) is 4.79 Å². The van der Waals surface area contributed by atoms with Gasteiger partial charge in [0.1, 0.15) is 5.75 Å². The third-order valence-electron chi connectivity index (χ3n) is 2.70. The predicted molar refractivity (Wildman–Crippen MR) is 69.5 cm³/mol. The molecule has 1 aromatic rings. The van der Waals surface area contributed by atoms with Crippen LogP contribution in [0.5, 0.6) is 5.75 Å². The van der Waals surface area contributed by atoms with Crippen LogP contribution in [0, 0.1) is 13.8 Å². The Morgan fingerprint density at radius 1 is 1.41 bits per heavy atom. The quantitative estimate of drug-likeness (QED) is 0.864. The van der Waals surface area contributed by atoms with Gasteiger partial charge in [-0.25, -0.2) is 0 Å². The van der Waals surface area contributed by atoms with Crippen LogP contribution < -0.4 is 15.4 Å². The van der Waals surface area contributed by atoms with Crippen molar-refractivity contribution >= 4 is 11.6 Å². The zero-order valence-electron chi connectivity index (χ0n) is 10.9. The highest BCUT2D eigenvalue weighted by atomic mass is 16.5. The Kier molecular flexibility index (Phi) is 4.52. The van der Waals surface area contributed by atoms with E-state index in [0.29, 0.717) is 13.0 Å². The van der Waals surface area contributed by atoms with Crippen molar-refractivity contribution in [1.29, 1.82) is 0 Å². The summed E-state index contributed by atoms with van der Waals surface area (Å²) in [7, 11) is 3.36. The lowest BCUT2D eigenvalue weighted by molar-refractivity contribution is -0.118. The van der Waals surface area contributed by atoms with E-state index in [2.05, 4.69) is 0 Å². The van der Waals surface area contributed by atoms with Crippen LogP contribution in [0.3, 0.4) is 0 Å². The maximum absolute atomic E-state index is 11.8. The number of aryl methyl sites for hydroxylation is 2. The van der Waals surface area contributed by atoms with Crippen molar-refractivity contribution in [2.75, 3.05) is 25.6 Å². The van der Waals surface area contributed by atoms with E-state index in [4.69, 9.17) is 10.5 Å². The van der Waals surface area contributed by atoms with E-state index in [1.807, 2.05) is 26.0 Å². The molecule has 0 aromatic heterocycles. The van der Waals surface area contributed by atoms with Crippen molar-refractivity contribution in [1.82, 2.24) is 0 Å². The first-order chi connectivity index (χ1) is 8.01. The van der Waals surface area contributed by atoms with Gasteiger partial charge < -0.3 is 15.4 Å². The monoisotopic (exact) mass is 236 g/mol. The van der Waals surface area contributed by atoms with Crippen molar-refractivity contribution < 1.29 is 9.53 Å². The number of anilines is 1. The number of carbonyl (C=O) groups excluding carboxylic acids is 1. The van der Waals surface area contributed by atoms with Crippen LogP contribution in [-0.4, -0.2) is 26.6 Å². The summed E-state index contributed by atoms with van der Waals surface area (Å²) in [6.45, 7) is 4.33. The Balaban J connectivity index is 3.16. The van der Waals surface area contributed by atoms with Gasteiger partial charge in [0.2, 0.25) is 5.91 Å². The minimum atomic E-state index is -0.00208. The molecule has 94 valence electrons. The molecule has 0 saturated carbocycles. The van der Waals surface area contributed by atoms with Crippen LogP contribution in [0.1, 0.15) is 17.5 Å². The van der Waals surface area contributed by atoms with Crippen LogP contribution in [0.2, 0.25) is 0 Å². The van der Waals surface area contributed by atoms with Crippen LogP contribution in [0.15, 0.2) is 12.1 Å². The summed E-state index contributed by atoms with van der Waals surface area (Å²) in [5, 5.41) is 0. The molecule has 0 aliphatic heterocycles. The number of hydrogen-bond donors (Lipinski definition) is 1. The Labute approximate surface area is 102 Å². The average Bonchev–Trinajstić information content (AvgIpc) is 2.27. The lowest BCUT2D eigenvalue weighted by Gasteiger charge is -2.22. The molecule has 4 nitrogen and oxygen atoms in total. The molecule has 0 spiro atoms. The Morgan fingerprint density at radius 2 is 2.06 bits per heavy atom. The zero-order chi connectivity index (χ0) is 13.0. The average molecular weight is 236 g/mol. The minimum absolute atomic E-state index is 0.00208. The molecule has 17 heavy (non-hydrogen) atoms. The summed E-state index contributed by atoms with van der Waals surface area (Å²) in [6, 6.07) is 3.96. The highest BCUT2D eigenvalue weighted by Gasteiger charge is 2.17. The third kappa shape index (κ3) is 2.97. The summed E-state index contributed by atoms with van der Waals surface area (Å²) in [6.07, 6.45) is 0.340. The number of benzene rings is 1. The Morgan fingerprint density at radius 3 is 2.59 bits per heavy atom. The van der Waals surface area contributed by atoms with Crippen LogP contribution in [0.4, 0.5) is 5.69 Å². The fourth-order valence-electron chi connectivity index (χ4n) is 1.92. The van der Waals surface area contributed by atoms with E-state index in [9.17, 15) is 4.79 Å². The molecule has 0 radical (unpaired) electrons. The first kappa shape index (κ1) is 13.5. The molecule has 4 heteroatoms. The van der Waals surface area contributed by atoms with Crippen LogP contribution >= 0.6 is 0 Å². The van der Waals surface area contributed by atoms with E-state index in [1.54, 1.807) is 19.1 Å². The molecule has 0 bridgehead atoms. The van der Waals surface area contributed by atoms with E-state index in [1.165, 1.54) is 0 Å². The van der Waals surface area contributed by atoms with E-state index < -0.39 is 0 Å².